The summed E-state index contributed by atoms with van der Waals surface area (Å²) < 4.78 is 2.05. The first-order valence-corrected chi connectivity index (χ1v) is 11.1. The third-order valence-corrected chi connectivity index (χ3v) is 6.24. The van der Waals surface area contributed by atoms with Crippen molar-refractivity contribution in [3.8, 4) is 22.5 Å². The summed E-state index contributed by atoms with van der Waals surface area (Å²) >= 11 is 0. The first-order valence-electron chi connectivity index (χ1n) is 11.1. The van der Waals surface area contributed by atoms with Crippen LogP contribution < -0.4 is 21.3 Å². The lowest BCUT2D eigenvalue weighted by molar-refractivity contribution is 0.961. The van der Waals surface area contributed by atoms with E-state index in [2.05, 4.69) is 50.5 Å². The molecule has 35 heavy (non-hydrogen) atoms. The standard InChI is InChI=1S/C26H27N9/c1-30-26(29)34(2)18-8-4-15(5-9-18)16-6-10-21-19(12-16)20(14-31-21)24-33-22-11-7-17(32-25(27)28)13-23(22)35(24)3/h4-14,31H,1-3H3,(H2,29,30)(H4,27,28,32). The molecule has 0 saturated heterocycles. The molecule has 5 rings (SSSR count). The van der Waals surface area contributed by atoms with Crippen molar-refractivity contribution < 1.29 is 0 Å². The predicted octanol–water partition coefficient (Wildman–Crippen LogP) is 4.28. The van der Waals surface area contributed by atoms with Gasteiger partial charge in [0.15, 0.2) is 11.9 Å². The van der Waals surface area contributed by atoms with Crippen molar-refractivity contribution in [1.29, 1.82) is 10.8 Å². The van der Waals surface area contributed by atoms with E-state index < -0.39 is 0 Å². The lowest BCUT2D eigenvalue weighted by Gasteiger charge is -2.19. The Morgan fingerprint density at radius 1 is 1.03 bits per heavy atom. The molecule has 0 radical (unpaired) electrons. The van der Waals surface area contributed by atoms with Crippen LogP contribution in [0.5, 0.6) is 0 Å². The number of anilines is 2. The fourth-order valence-corrected chi connectivity index (χ4v) is 4.32. The Labute approximate surface area is 202 Å². The Hall–Kier alpha value is -4.79. The first-order chi connectivity index (χ1) is 16.9. The van der Waals surface area contributed by atoms with E-state index in [1.165, 1.54) is 0 Å². The van der Waals surface area contributed by atoms with E-state index in [9.17, 15) is 0 Å². The normalized spacial score (nSPS) is 11.1. The predicted molar refractivity (Wildman–Crippen MR) is 144 cm³/mol. The summed E-state index contributed by atoms with van der Waals surface area (Å²) in [6.45, 7) is 0. The van der Waals surface area contributed by atoms with Crippen LogP contribution in [0.4, 0.5) is 11.4 Å². The van der Waals surface area contributed by atoms with Crippen molar-refractivity contribution in [3.63, 3.8) is 0 Å². The van der Waals surface area contributed by atoms with Crippen molar-refractivity contribution in [2.24, 2.45) is 12.8 Å². The van der Waals surface area contributed by atoms with Crippen molar-refractivity contribution in [1.82, 2.24) is 19.9 Å². The first kappa shape index (κ1) is 22.0. The molecule has 0 atom stereocenters. The number of H-pyrrole nitrogens is 1. The fourth-order valence-electron chi connectivity index (χ4n) is 4.32. The second-order valence-electron chi connectivity index (χ2n) is 8.40. The molecule has 0 aliphatic heterocycles. The summed E-state index contributed by atoms with van der Waals surface area (Å²) in [5.74, 6) is 1.09. The van der Waals surface area contributed by atoms with Crippen LogP contribution in [0, 0.1) is 10.8 Å². The third-order valence-electron chi connectivity index (χ3n) is 6.24. The molecule has 2 heterocycles. The van der Waals surface area contributed by atoms with Crippen molar-refractivity contribution >= 4 is 45.2 Å². The molecule has 0 saturated carbocycles. The lowest BCUT2D eigenvalue weighted by atomic mass is 10.0. The number of aryl methyl sites for hydroxylation is 1. The Morgan fingerprint density at radius 2 is 1.77 bits per heavy atom. The number of rotatable bonds is 4. The SMILES string of the molecule is CNC(=N)N(C)c1ccc(-c2ccc3[nH]cc(-c4nc5ccc(NC(=N)N)cc5n4C)c3c2)cc1. The van der Waals surface area contributed by atoms with Gasteiger partial charge in [-0.1, -0.05) is 18.2 Å². The number of fused-ring (bicyclic) bond motifs is 2. The second-order valence-corrected chi connectivity index (χ2v) is 8.40. The Balaban J connectivity index is 1.54. The molecule has 9 nitrogen and oxygen atoms in total. The molecule has 0 unspecified atom stereocenters. The van der Waals surface area contributed by atoms with E-state index >= 15 is 0 Å². The van der Waals surface area contributed by atoms with Gasteiger partial charge in [0.1, 0.15) is 5.82 Å². The van der Waals surface area contributed by atoms with Gasteiger partial charge in [-0.15, -0.1) is 0 Å². The van der Waals surface area contributed by atoms with Gasteiger partial charge in [0.2, 0.25) is 0 Å². The monoisotopic (exact) mass is 465 g/mol. The molecule has 0 fully saturated rings. The second kappa shape index (κ2) is 8.53. The Bertz CT molecular complexity index is 1570. The molecule has 2 aromatic heterocycles. The number of aromatic amines is 1. The van der Waals surface area contributed by atoms with Gasteiger partial charge < -0.3 is 30.8 Å². The molecule has 176 valence electrons. The number of hydrogen-bond acceptors (Lipinski definition) is 3. The average Bonchev–Trinajstić information content (AvgIpc) is 3.43. The summed E-state index contributed by atoms with van der Waals surface area (Å²) in [6.07, 6.45) is 1.99. The van der Waals surface area contributed by atoms with Gasteiger partial charge in [-0.05, 0) is 53.6 Å². The van der Waals surface area contributed by atoms with E-state index in [1.807, 2.05) is 50.6 Å². The molecular formula is C26H27N9. The highest BCUT2D eigenvalue weighted by atomic mass is 15.2. The van der Waals surface area contributed by atoms with Gasteiger partial charge >= 0.3 is 0 Å². The number of nitrogens with two attached hydrogens (primary N) is 1. The zero-order chi connectivity index (χ0) is 24.7. The largest absolute Gasteiger partial charge is 0.370 e. The summed E-state index contributed by atoms with van der Waals surface area (Å²) in [4.78, 5) is 10.0. The molecule has 5 aromatic rings. The van der Waals surface area contributed by atoms with E-state index in [1.54, 1.807) is 11.9 Å². The Morgan fingerprint density at radius 3 is 2.49 bits per heavy atom. The van der Waals surface area contributed by atoms with Crippen LogP contribution in [-0.4, -0.2) is 40.5 Å². The summed E-state index contributed by atoms with van der Waals surface area (Å²) in [7, 11) is 5.59. The van der Waals surface area contributed by atoms with Gasteiger partial charge in [0.05, 0.1) is 11.0 Å². The van der Waals surface area contributed by atoms with Gasteiger partial charge in [0.25, 0.3) is 0 Å². The van der Waals surface area contributed by atoms with E-state index in [0.717, 1.165) is 55.8 Å². The number of nitrogens with zero attached hydrogens (tertiary/aromatic N) is 3. The molecule has 7 N–H and O–H groups in total. The maximum atomic E-state index is 7.96. The molecule has 0 aliphatic carbocycles. The molecule has 0 spiro atoms. The molecule has 3 aromatic carbocycles. The van der Waals surface area contributed by atoms with Gasteiger partial charge in [-0.3, -0.25) is 10.8 Å². The highest BCUT2D eigenvalue weighted by Gasteiger charge is 2.15. The van der Waals surface area contributed by atoms with Crippen LogP contribution in [0.15, 0.2) is 66.9 Å². The highest BCUT2D eigenvalue weighted by Crippen LogP contribution is 2.34. The summed E-state index contributed by atoms with van der Waals surface area (Å²) in [5, 5.41) is 22.2. The summed E-state index contributed by atoms with van der Waals surface area (Å²) in [5.41, 5.74) is 13.2. The van der Waals surface area contributed by atoms with E-state index in [-0.39, 0.29) is 5.96 Å². The number of imidazole rings is 1. The van der Waals surface area contributed by atoms with Crippen molar-refractivity contribution in [2.75, 3.05) is 24.3 Å². The van der Waals surface area contributed by atoms with E-state index in [4.69, 9.17) is 21.5 Å². The minimum absolute atomic E-state index is 0.101. The average molecular weight is 466 g/mol. The molecule has 0 aliphatic rings. The van der Waals surface area contributed by atoms with Crippen LogP contribution in [-0.2, 0) is 7.05 Å². The minimum atomic E-state index is -0.101. The van der Waals surface area contributed by atoms with Crippen LogP contribution >= 0.6 is 0 Å². The van der Waals surface area contributed by atoms with Crippen molar-refractivity contribution in [3.05, 3.63) is 66.9 Å². The molecule has 0 amide bonds. The van der Waals surface area contributed by atoms with Crippen molar-refractivity contribution in [2.45, 2.75) is 0 Å². The summed E-state index contributed by atoms with van der Waals surface area (Å²) in [6, 6.07) is 20.3. The van der Waals surface area contributed by atoms with E-state index in [0.29, 0.717) is 5.96 Å². The molecule has 9 heteroatoms. The van der Waals surface area contributed by atoms with Crippen LogP contribution in [0.2, 0.25) is 0 Å². The van der Waals surface area contributed by atoms with Crippen LogP contribution in [0.25, 0.3) is 44.5 Å². The third kappa shape index (κ3) is 3.93. The maximum Gasteiger partial charge on any atom is 0.195 e. The number of hydrogen-bond donors (Lipinski definition) is 6. The number of nitrogens with one attached hydrogen (secondary N) is 5. The quantitative estimate of drug-likeness (QED) is 0.174. The fraction of sp³-hybridized carbons (Fsp3) is 0.115. The lowest BCUT2D eigenvalue weighted by Crippen LogP contribution is -2.35. The van der Waals surface area contributed by atoms with Gasteiger partial charge in [-0.25, -0.2) is 4.98 Å². The van der Waals surface area contributed by atoms with Gasteiger partial charge in [0, 0.05) is 55.2 Å². The Kier molecular flexibility index (Phi) is 5.37. The molecular weight excluding hydrogens is 438 g/mol. The van der Waals surface area contributed by atoms with Crippen LogP contribution in [0.3, 0.4) is 0 Å². The number of benzene rings is 3. The zero-order valence-corrected chi connectivity index (χ0v) is 19.8. The number of guanidine groups is 2. The minimum Gasteiger partial charge on any atom is -0.370 e. The highest BCUT2D eigenvalue weighted by molar-refractivity contribution is 5.99. The molecule has 0 bridgehead atoms. The maximum absolute atomic E-state index is 7.96. The topological polar surface area (TPSA) is 135 Å². The zero-order valence-electron chi connectivity index (χ0n) is 19.8. The number of aromatic nitrogens is 3. The van der Waals surface area contributed by atoms with Gasteiger partial charge in [-0.2, -0.15) is 0 Å². The van der Waals surface area contributed by atoms with Crippen LogP contribution in [0.1, 0.15) is 0 Å². The smallest absolute Gasteiger partial charge is 0.195 e.